The zero-order chi connectivity index (χ0) is 18.7. The molecule has 1 heterocycles. The molecule has 26 heavy (non-hydrogen) atoms. The van der Waals surface area contributed by atoms with E-state index >= 15 is 0 Å². The molecular formula is C20H15ClNO4-. The van der Waals surface area contributed by atoms with Crippen LogP contribution in [0.5, 0.6) is 11.5 Å². The molecule has 0 atom stereocenters. The molecule has 1 aromatic heterocycles. The van der Waals surface area contributed by atoms with Gasteiger partial charge < -0.3 is 19.4 Å². The Labute approximate surface area is 155 Å². The quantitative estimate of drug-likeness (QED) is 0.689. The number of fused-ring (bicyclic) bond motifs is 1. The Morgan fingerprint density at radius 3 is 2.58 bits per heavy atom. The molecule has 0 saturated carbocycles. The number of hydrogen-bond acceptors (Lipinski definition) is 5. The molecule has 0 saturated heterocycles. The van der Waals surface area contributed by atoms with Gasteiger partial charge in [-0.3, -0.25) is 0 Å². The summed E-state index contributed by atoms with van der Waals surface area (Å²) in [5.41, 5.74) is 1.94. The fourth-order valence-electron chi connectivity index (χ4n) is 2.67. The van der Waals surface area contributed by atoms with Crippen molar-refractivity contribution in [2.45, 2.75) is 0 Å². The van der Waals surface area contributed by atoms with E-state index < -0.39 is 5.97 Å². The van der Waals surface area contributed by atoms with Gasteiger partial charge in [0.05, 0.1) is 36.4 Å². The zero-order valence-corrected chi connectivity index (χ0v) is 14.9. The Bertz CT molecular complexity index is 1010. The summed E-state index contributed by atoms with van der Waals surface area (Å²) in [6.45, 7) is 0. The second kappa shape index (κ2) is 7.45. The van der Waals surface area contributed by atoms with Crippen molar-refractivity contribution >= 4 is 40.6 Å². The number of carbonyl (C=O) groups excluding carboxylic acids is 1. The maximum atomic E-state index is 11.4. The van der Waals surface area contributed by atoms with Gasteiger partial charge in [0.1, 0.15) is 0 Å². The predicted molar refractivity (Wildman–Crippen MR) is 99.6 cm³/mol. The molecule has 5 nitrogen and oxygen atoms in total. The number of benzene rings is 2. The molecule has 0 fully saturated rings. The van der Waals surface area contributed by atoms with Crippen LogP contribution in [0, 0.1) is 0 Å². The normalized spacial score (nSPS) is 11.0. The first-order chi connectivity index (χ1) is 12.5. The third-order valence-electron chi connectivity index (χ3n) is 3.86. The van der Waals surface area contributed by atoms with Crippen molar-refractivity contribution in [2.24, 2.45) is 0 Å². The highest BCUT2D eigenvalue weighted by molar-refractivity contribution is 6.32. The average Bonchev–Trinajstić information content (AvgIpc) is 2.64. The van der Waals surface area contributed by atoms with Crippen LogP contribution < -0.4 is 14.6 Å². The molecule has 0 bridgehead atoms. The highest BCUT2D eigenvalue weighted by atomic mass is 35.5. The molecule has 0 spiro atoms. The second-order valence-electron chi connectivity index (χ2n) is 5.47. The number of ether oxygens (including phenoxy) is 2. The van der Waals surface area contributed by atoms with E-state index in [0.29, 0.717) is 33.1 Å². The number of nitrogens with zero attached hydrogens (tertiary/aromatic N) is 1. The smallest absolute Gasteiger partial charge is 0.179 e. The Balaban J connectivity index is 2.04. The predicted octanol–water partition coefficient (Wildman–Crippen LogP) is 3.44. The number of halogens is 1. The molecule has 0 N–H and O–H groups in total. The summed E-state index contributed by atoms with van der Waals surface area (Å²) < 4.78 is 10.5. The third kappa shape index (κ3) is 3.48. The highest BCUT2D eigenvalue weighted by Gasteiger charge is 2.10. The third-order valence-corrected chi connectivity index (χ3v) is 4.14. The largest absolute Gasteiger partial charge is 0.545 e. The van der Waals surface area contributed by atoms with Crippen molar-refractivity contribution < 1.29 is 19.4 Å². The fraction of sp³-hybridized carbons (Fsp3) is 0.100. The Kier molecular flexibility index (Phi) is 5.09. The van der Waals surface area contributed by atoms with Crippen LogP contribution in [0.15, 0.2) is 42.5 Å². The van der Waals surface area contributed by atoms with E-state index in [0.717, 1.165) is 5.56 Å². The van der Waals surface area contributed by atoms with Gasteiger partial charge in [0.15, 0.2) is 11.5 Å². The molecule has 0 amide bonds. The first-order valence-electron chi connectivity index (χ1n) is 7.74. The second-order valence-corrected chi connectivity index (χ2v) is 5.88. The van der Waals surface area contributed by atoms with Crippen molar-refractivity contribution in [3.05, 3.63) is 64.3 Å². The van der Waals surface area contributed by atoms with Crippen LogP contribution in [0.1, 0.15) is 21.6 Å². The number of aromatic carboxylic acids is 1. The molecule has 2 aromatic carbocycles. The highest BCUT2D eigenvalue weighted by Crippen LogP contribution is 2.36. The van der Waals surface area contributed by atoms with Gasteiger partial charge in [-0.05, 0) is 35.9 Å². The Morgan fingerprint density at radius 2 is 1.88 bits per heavy atom. The van der Waals surface area contributed by atoms with Crippen molar-refractivity contribution in [1.82, 2.24) is 4.98 Å². The van der Waals surface area contributed by atoms with Crippen LogP contribution in [0.4, 0.5) is 0 Å². The number of rotatable bonds is 5. The van der Waals surface area contributed by atoms with Gasteiger partial charge >= 0.3 is 0 Å². The van der Waals surface area contributed by atoms with E-state index in [-0.39, 0.29) is 5.56 Å². The summed E-state index contributed by atoms with van der Waals surface area (Å²) in [5, 5.41) is 12.4. The number of carboxylic acids is 1. The van der Waals surface area contributed by atoms with E-state index in [4.69, 9.17) is 21.1 Å². The molecule has 0 aliphatic rings. The topological polar surface area (TPSA) is 71.5 Å². The van der Waals surface area contributed by atoms with Crippen LogP contribution in [-0.2, 0) is 0 Å². The molecule has 0 aliphatic heterocycles. The fourth-order valence-corrected chi connectivity index (χ4v) is 2.96. The standard InChI is InChI=1S/C20H16ClNO4/c1-25-18-10-12(9-16(21)19(18)26-2)7-8-13-11-15(20(23)24)14-5-3-4-6-17(14)22-13/h3-11H,1-2H3,(H,23,24)/p-1/b8-7+. The van der Waals surface area contributed by atoms with Gasteiger partial charge in [-0.25, -0.2) is 4.98 Å². The minimum absolute atomic E-state index is 0.0978. The van der Waals surface area contributed by atoms with Crippen molar-refractivity contribution in [2.75, 3.05) is 14.2 Å². The van der Waals surface area contributed by atoms with Crippen LogP contribution >= 0.6 is 11.6 Å². The molecule has 132 valence electrons. The van der Waals surface area contributed by atoms with E-state index in [2.05, 4.69) is 4.98 Å². The van der Waals surface area contributed by atoms with Crippen LogP contribution in [0.25, 0.3) is 23.1 Å². The number of carbonyl (C=O) groups is 1. The van der Waals surface area contributed by atoms with Crippen molar-refractivity contribution in [3.8, 4) is 11.5 Å². The lowest BCUT2D eigenvalue weighted by atomic mass is 10.1. The lowest BCUT2D eigenvalue weighted by Gasteiger charge is -2.10. The maximum absolute atomic E-state index is 11.4. The molecule has 0 aliphatic carbocycles. The molecule has 3 aromatic rings. The zero-order valence-electron chi connectivity index (χ0n) is 14.2. The number of para-hydroxylation sites is 1. The molecule has 3 rings (SSSR count). The minimum Gasteiger partial charge on any atom is -0.545 e. The maximum Gasteiger partial charge on any atom is 0.179 e. The summed E-state index contributed by atoms with van der Waals surface area (Å²) in [7, 11) is 3.04. The lowest BCUT2D eigenvalue weighted by Crippen LogP contribution is -2.22. The number of pyridine rings is 1. The van der Waals surface area contributed by atoms with Gasteiger partial charge in [0.2, 0.25) is 0 Å². The number of hydrogen-bond donors (Lipinski definition) is 0. The number of carboxylic acid groups (broad SMARTS) is 1. The van der Waals surface area contributed by atoms with Gasteiger partial charge in [0, 0.05) is 10.9 Å². The lowest BCUT2D eigenvalue weighted by molar-refractivity contribution is -0.254. The van der Waals surface area contributed by atoms with Crippen LogP contribution in [0.2, 0.25) is 5.02 Å². The average molecular weight is 369 g/mol. The first-order valence-corrected chi connectivity index (χ1v) is 8.12. The summed E-state index contributed by atoms with van der Waals surface area (Å²) in [6.07, 6.45) is 3.47. The van der Waals surface area contributed by atoms with Gasteiger partial charge in [-0.2, -0.15) is 0 Å². The van der Waals surface area contributed by atoms with E-state index in [9.17, 15) is 9.90 Å². The van der Waals surface area contributed by atoms with Crippen LogP contribution in [0.3, 0.4) is 0 Å². The first kappa shape index (κ1) is 17.8. The number of methoxy groups -OCH3 is 2. The molecule has 6 heteroatoms. The Hall–Kier alpha value is -3.05. The van der Waals surface area contributed by atoms with Crippen molar-refractivity contribution in [3.63, 3.8) is 0 Å². The number of aromatic nitrogens is 1. The summed E-state index contributed by atoms with van der Waals surface area (Å²) >= 11 is 6.20. The van der Waals surface area contributed by atoms with E-state index in [1.165, 1.54) is 20.3 Å². The van der Waals surface area contributed by atoms with Crippen LogP contribution in [-0.4, -0.2) is 25.2 Å². The van der Waals surface area contributed by atoms with Gasteiger partial charge in [-0.15, -0.1) is 0 Å². The molecular weight excluding hydrogens is 354 g/mol. The van der Waals surface area contributed by atoms with Gasteiger partial charge in [-0.1, -0.05) is 35.9 Å². The monoisotopic (exact) mass is 368 g/mol. The molecule has 0 unspecified atom stereocenters. The van der Waals surface area contributed by atoms with Gasteiger partial charge in [0.25, 0.3) is 0 Å². The summed E-state index contributed by atoms with van der Waals surface area (Å²) in [6, 6.07) is 12.0. The summed E-state index contributed by atoms with van der Waals surface area (Å²) in [4.78, 5) is 15.9. The van der Waals surface area contributed by atoms with E-state index in [1.807, 2.05) is 0 Å². The summed E-state index contributed by atoms with van der Waals surface area (Å²) in [5.74, 6) is -0.289. The minimum atomic E-state index is -1.24. The molecule has 0 radical (unpaired) electrons. The Morgan fingerprint density at radius 1 is 1.12 bits per heavy atom. The van der Waals surface area contributed by atoms with Crippen molar-refractivity contribution in [1.29, 1.82) is 0 Å². The SMILES string of the molecule is COc1cc(/C=C/c2cc(C(=O)[O-])c3ccccc3n2)cc(Cl)c1OC. The van der Waals surface area contributed by atoms with E-state index in [1.54, 1.807) is 48.6 Å².